The van der Waals surface area contributed by atoms with Gasteiger partial charge in [0, 0.05) is 32.4 Å². The van der Waals surface area contributed by atoms with E-state index in [2.05, 4.69) is 51.3 Å². The van der Waals surface area contributed by atoms with Crippen LogP contribution in [0.1, 0.15) is 38.3 Å². The first-order valence-electron chi connectivity index (χ1n) is 7.58. The number of hydrogen-bond donors (Lipinski definition) is 1. The van der Waals surface area contributed by atoms with Gasteiger partial charge < -0.3 is 9.84 Å². The number of aromatic nitrogens is 6. The minimum Gasteiger partial charge on any atom is -0.369 e. The first-order chi connectivity index (χ1) is 10.8. The molecule has 0 amide bonds. The Labute approximate surface area is 134 Å². The molecule has 3 heterocycles. The fraction of sp³-hybridized carbons (Fsp3) is 0.533. The van der Waals surface area contributed by atoms with Crippen molar-refractivity contribution in [2.45, 2.75) is 39.5 Å². The van der Waals surface area contributed by atoms with E-state index in [-0.39, 0.29) is 5.41 Å². The molecule has 0 saturated heterocycles. The maximum absolute atomic E-state index is 4.98. The van der Waals surface area contributed by atoms with Crippen LogP contribution in [0.3, 0.4) is 0 Å². The number of anilines is 1. The van der Waals surface area contributed by atoms with Crippen LogP contribution in [0.5, 0.6) is 0 Å². The molecule has 8 heteroatoms. The Morgan fingerprint density at radius 3 is 2.65 bits per heavy atom. The van der Waals surface area contributed by atoms with Crippen molar-refractivity contribution in [1.29, 1.82) is 0 Å². The number of nitrogens with zero attached hydrogens (tertiary/aromatic N) is 6. The van der Waals surface area contributed by atoms with Crippen LogP contribution in [0.25, 0.3) is 11.0 Å². The van der Waals surface area contributed by atoms with E-state index in [1.165, 1.54) is 0 Å². The Balaban J connectivity index is 1.86. The van der Waals surface area contributed by atoms with Crippen LogP contribution >= 0.6 is 0 Å². The summed E-state index contributed by atoms with van der Waals surface area (Å²) in [7, 11) is 1.88. The van der Waals surface area contributed by atoms with E-state index in [1.807, 2.05) is 7.05 Å². The highest BCUT2D eigenvalue weighted by Gasteiger charge is 2.21. The van der Waals surface area contributed by atoms with Crippen molar-refractivity contribution < 1.29 is 4.52 Å². The summed E-state index contributed by atoms with van der Waals surface area (Å²) in [4.78, 5) is 13.5. The quantitative estimate of drug-likeness (QED) is 0.786. The summed E-state index contributed by atoms with van der Waals surface area (Å²) in [6.45, 7) is 8.72. The molecule has 0 aliphatic rings. The number of fused-ring (bicyclic) bond motifs is 1. The molecule has 0 fully saturated rings. The van der Waals surface area contributed by atoms with Gasteiger partial charge in [-0.2, -0.15) is 10.1 Å². The van der Waals surface area contributed by atoms with Gasteiger partial charge in [-0.1, -0.05) is 25.9 Å². The molecular weight excluding hydrogens is 294 g/mol. The van der Waals surface area contributed by atoms with Crippen LogP contribution in [0.2, 0.25) is 0 Å². The van der Waals surface area contributed by atoms with Crippen molar-refractivity contribution in [2.24, 2.45) is 7.05 Å². The van der Waals surface area contributed by atoms with E-state index < -0.39 is 0 Å². The Morgan fingerprint density at radius 1 is 1.22 bits per heavy atom. The molecule has 8 nitrogen and oxygen atoms in total. The first-order valence-corrected chi connectivity index (χ1v) is 7.58. The van der Waals surface area contributed by atoms with Gasteiger partial charge in [0.2, 0.25) is 5.89 Å². The fourth-order valence-corrected chi connectivity index (χ4v) is 2.23. The van der Waals surface area contributed by atoms with Crippen molar-refractivity contribution in [1.82, 2.24) is 29.9 Å². The van der Waals surface area contributed by atoms with Crippen molar-refractivity contribution in [2.75, 3.05) is 11.9 Å². The van der Waals surface area contributed by atoms with Crippen LogP contribution in [0, 0.1) is 6.92 Å². The second-order valence-electron chi connectivity index (χ2n) is 6.56. The van der Waals surface area contributed by atoms with Gasteiger partial charge in [-0.3, -0.25) is 4.68 Å². The molecule has 0 spiro atoms. The zero-order valence-corrected chi connectivity index (χ0v) is 14.1. The zero-order valence-electron chi connectivity index (χ0n) is 14.1. The number of aryl methyl sites for hydroxylation is 2. The second kappa shape index (κ2) is 5.60. The van der Waals surface area contributed by atoms with Gasteiger partial charge in [-0.15, -0.1) is 0 Å². The third-order valence-electron chi connectivity index (χ3n) is 3.47. The summed E-state index contributed by atoms with van der Waals surface area (Å²) in [5.41, 5.74) is 0.683. The highest BCUT2D eigenvalue weighted by atomic mass is 16.5. The summed E-state index contributed by atoms with van der Waals surface area (Å²) in [6.07, 6.45) is 2.44. The normalized spacial score (nSPS) is 12.0. The van der Waals surface area contributed by atoms with E-state index in [0.717, 1.165) is 22.7 Å². The average Bonchev–Trinajstić information content (AvgIpc) is 3.05. The van der Waals surface area contributed by atoms with Crippen LogP contribution < -0.4 is 5.32 Å². The van der Waals surface area contributed by atoms with Crippen LogP contribution in [0.4, 0.5) is 5.82 Å². The van der Waals surface area contributed by atoms with E-state index in [4.69, 9.17) is 4.52 Å². The predicted octanol–water partition coefficient (Wildman–Crippen LogP) is 2.01. The lowest BCUT2D eigenvalue weighted by Gasteiger charge is -2.18. The van der Waals surface area contributed by atoms with Crippen molar-refractivity contribution in [3.8, 4) is 0 Å². The highest BCUT2D eigenvalue weighted by molar-refractivity contribution is 5.86. The lowest BCUT2D eigenvalue weighted by Crippen LogP contribution is -2.18. The number of rotatable bonds is 4. The van der Waals surface area contributed by atoms with Crippen LogP contribution in [-0.2, 0) is 18.9 Å². The average molecular weight is 315 g/mol. The molecule has 0 atom stereocenters. The predicted molar refractivity (Wildman–Crippen MR) is 86.2 cm³/mol. The SMILES string of the molecule is Cc1nc(CCNc2nc(C(C)(C)C)nc3c2cnn3C)no1. The molecule has 0 aromatic carbocycles. The summed E-state index contributed by atoms with van der Waals surface area (Å²) in [6, 6.07) is 0. The molecular formula is C15H21N7O. The summed E-state index contributed by atoms with van der Waals surface area (Å²) >= 11 is 0. The molecule has 23 heavy (non-hydrogen) atoms. The molecule has 122 valence electrons. The van der Waals surface area contributed by atoms with Gasteiger partial charge in [0.05, 0.1) is 11.6 Å². The van der Waals surface area contributed by atoms with Gasteiger partial charge in [0.15, 0.2) is 11.5 Å². The van der Waals surface area contributed by atoms with E-state index in [9.17, 15) is 0 Å². The van der Waals surface area contributed by atoms with Gasteiger partial charge in [-0.25, -0.2) is 9.97 Å². The van der Waals surface area contributed by atoms with Crippen LogP contribution in [0.15, 0.2) is 10.7 Å². The lowest BCUT2D eigenvalue weighted by molar-refractivity contribution is 0.387. The monoisotopic (exact) mass is 315 g/mol. The summed E-state index contributed by atoms with van der Waals surface area (Å²) < 4.78 is 6.74. The van der Waals surface area contributed by atoms with Gasteiger partial charge in [0.1, 0.15) is 11.6 Å². The molecule has 0 unspecified atom stereocenters. The molecule has 3 rings (SSSR count). The first kappa shape index (κ1) is 15.4. The third-order valence-corrected chi connectivity index (χ3v) is 3.47. The molecule has 3 aromatic rings. The van der Waals surface area contributed by atoms with Crippen molar-refractivity contribution in [3.63, 3.8) is 0 Å². The third kappa shape index (κ3) is 3.15. The van der Waals surface area contributed by atoms with E-state index >= 15 is 0 Å². The highest BCUT2D eigenvalue weighted by Crippen LogP contribution is 2.25. The second-order valence-corrected chi connectivity index (χ2v) is 6.56. The molecule has 0 radical (unpaired) electrons. The van der Waals surface area contributed by atoms with E-state index in [0.29, 0.717) is 24.7 Å². The number of nitrogens with one attached hydrogen (secondary N) is 1. The Morgan fingerprint density at radius 2 is 2.00 bits per heavy atom. The standard InChI is InChI=1S/C15H21N7O/c1-9-18-11(21-23-9)6-7-16-12-10-8-17-22(5)13(10)20-14(19-12)15(2,3)4/h8H,6-7H2,1-5H3,(H,16,19,20). The van der Waals surface area contributed by atoms with Gasteiger partial charge in [-0.05, 0) is 0 Å². The minimum atomic E-state index is -0.139. The zero-order chi connectivity index (χ0) is 16.6. The Kier molecular flexibility index (Phi) is 3.75. The Bertz CT molecular complexity index is 828. The molecule has 0 bridgehead atoms. The molecule has 0 saturated carbocycles. The molecule has 0 aliphatic heterocycles. The van der Waals surface area contributed by atoms with Crippen molar-refractivity contribution >= 4 is 16.9 Å². The lowest BCUT2D eigenvalue weighted by atomic mass is 9.95. The topological polar surface area (TPSA) is 94.6 Å². The minimum absolute atomic E-state index is 0.139. The molecule has 3 aromatic heterocycles. The largest absolute Gasteiger partial charge is 0.369 e. The van der Waals surface area contributed by atoms with Crippen molar-refractivity contribution in [3.05, 3.63) is 23.7 Å². The maximum Gasteiger partial charge on any atom is 0.223 e. The Hall–Kier alpha value is -2.51. The molecule has 0 aliphatic carbocycles. The number of hydrogen-bond acceptors (Lipinski definition) is 7. The van der Waals surface area contributed by atoms with Gasteiger partial charge >= 0.3 is 0 Å². The summed E-state index contributed by atoms with van der Waals surface area (Å²) in [5, 5.41) is 12.4. The van der Waals surface area contributed by atoms with Crippen LogP contribution in [-0.4, -0.2) is 36.4 Å². The van der Waals surface area contributed by atoms with E-state index in [1.54, 1.807) is 17.8 Å². The molecule has 1 N–H and O–H groups in total. The van der Waals surface area contributed by atoms with Gasteiger partial charge in [0.25, 0.3) is 0 Å². The smallest absolute Gasteiger partial charge is 0.223 e. The maximum atomic E-state index is 4.98. The summed E-state index contributed by atoms with van der Waals surface area (Å²) in [5.74, 6) is 2.83. The fourth-order valence-electron chi connectivity index (χ4n) is 2.23.